The van der Waals surface area contributed by atoms with E-state index in [2.05, 4.69) is 6.08 Å². The van der Waals surface area contributed by atoms with Crippen LogP contribution in [0.1, 0.15) is 48.0 Å². The molecule has 0 amide bonds. The molecule has 0 aromatic heterocycles. The van der Waals surface area contributed by atoms with Crippen molar-refractivity contribution in [2.45, 2.75) is 45.1 Å². The molecule has 1 aromatic rings. The topological polar surface area (TPSA) is 37.3 Å². The summed E-state index contributed by atoms with van der Waals surface area (Å²) >= 11 is 0. The van der Waals surface area contributed by atoms with Gasteiger partial charge in [-0.15, -0.1) is 0 Å². The van der Waals surface area contributed by atoms with Crippen LogP contribution < -0.4 is 0 Å². The van der Waals surface area contributed by atoms with Crippen LogP contribution in [0, 0.1) is 6.92 Å². The highest BCUT2D eigenvalue weighted by Gasteiger charge is 2.19. The number of aryl methyl sites for hydroxylation is 1. The van der Waals surface area contributed by atoms with Gasteiger partial charge in [0.15, 0.2) is 5.78 Å². The van der Waals surface area contributed by atoms with Gasteiger partial charge in [-0.3, -0.25) is 4.79 Å². The Kier molecular flexibility index (Phi) is 4.32. The van der Waals surface area contributed by atoms with Crippen LogP contribution in [0.25, 0.3) is 0 Å². The summed E-state index contributed by atoms with van der Waals surface area (Å²) in [5.74, 6) is -0.165. The Morgan fingerprint density at radius 1 is 1.28 bits per heavy atom. The highest BCUT2D eigenvalue weighted by atomic mass is 16.3. The molecule has 2 heteroatoms. The number of benzene rings is 1. The average Bonchev–Trinajstić information content (AvgIpc) is 2.40. The number of carbonyl (C=O) groups is 1. The second kappa shape index (κ2) is 5.96. The summed E-state index contributed by atoms with van der Waals surface area (Å²) in [6.07, 6.45) is 6.29. The lowest BCUT2D eigenvalue weighted by atomic mass is 9.92. The summed E-state index contributed by atoms with van der Waals surface area (Å²) in [7, 11) is 0. The first-order chi connectivity index (χ1) is 8.66. The van der Waals surface area contributed by atoms with E-state index in [4.69, 9.17) is 0 Å². The van der Waals surface area contributed by atoms with Crippen LogP contribution in [0.5, 0.6) is 0 Å². The van der Waals surface area contributed by atoms with Gasteiger partial charge in [-0.05, 0) is 32.6 Å². The zero-order valence-electron chi connectivity index (χ0n) is 10.9. The zero-order valence-corrected chi connectivity index (χ0v) is 10.9. The number of carbonyl (C=O) groups excluding carboxylic acids is 1. The van der Waals surface area contributed by atoms with E-state index in [1.807, 2.05) is 19.1 Å². The average molecular weight is 244 g/mol. The molecular weight excluding hydrogens is 224 g/mol. The van der Waals surface area contributed by atoms with Crippen molar-refractivity contribution < 1.29 is 9.90 Å². The number of ketones is 1. The quantitative estimate of drug-likeness (QED) is 0.651. The maximum atomic E-state index is 12.1. The van der Waals surface area contributed by atoms with Crippen molar-refractivity contribution in [2.24, 2.45) is 0 Å². The van der Waals surface area contributed by atoms with E-state index in [-0.39, 0.29) is 5.78 Å². The molecule has 96 valence electrons. The molecule has 0 fully saturated rings. The van der Waals surface area contributed by atoms with Crippen molar-refractivity contribution in [3.63, 3.8) is 0 Å². The number of aliphatic hydroxyl groups excluding tert-OH is 1. The number of aliphatic hydroxyl groups is 1. The third-order valence-corrected chi connectivity index (χ3v) is 3.48. The van der Waals surface area contributed by atoms with Gasteiger partial charge in [0.2, 0.25) is 0 Å². The number of hydrogen-bond acceptors (Lipinski definition) is 2. The molecule has 1 N–H and O–H groups in total. The lowest BCUT2D eigenvalue weighted by Gasteiger charge is -2.16. The molecule has 1 aliphatic carbocycles. The molecule has 1 atom stereocenters. The SMILES string of the molecule is Cc1ccc(C(=O)[C@@H](O)CC2=CCCCC2)cc1. The third kappa shape index (κ3) is 3.30. The molecule has 0 radical (unpaired) electrons. The first-order valence-corrected chi connectivity index (χ1v) is 6.63. The molecule has 1 aromatic carbocycles. The molecule has 0 saturated carbocycles. The Hall–Kier alpha value is -1.41. The van der Waals surface area contributed by atoms with Gasteiger partial charge in [-0.2, -0.15) is 0 Å². The second-order valence-corrected chi connectivity index (χ2v) is 5.06. The Bertz CT molecular complexity index is 443. The lowest BCUT2D eigenvalue weighted by molar-refractivity contribution is 0.0746. The molecule has 0 saturated heterocycles. The number of rotatable bonds is 4. The first-order valence-electron chi connectivity index (χ1n) is 6.63. The molecule has 0 spiro atoms. The van der Waals surface area contributed by atoms with Gasteiger partial charge in [0.1, 0.15) is 6.10 Å². The standard InChI is InChI=1S/C16H20O2/c1-12-7-9-14(10-8-12)16(18)15(17)11-13-5-3-2-4-6-13/h5,7-10,15,17H,2-4,6,11H2,1H3/t15-/m0/s1. The zero-order chi connectivity index (χ0) is 13.0. The molecule has 18 heavy (non-hydrogen) atoms. The van der Waals surface area contributed by atoms with Crippen LogP contribution in [-0.4, -0.2) is 17.0 Å². The fourth-order valence-electron chi connectivity index (χ4n) is 2.34. The van der Waals surface area contributed by atoms with Crippen LogP contribution in [-0.2, 0) is 0 Å². The van der Waals surface area contributed by atoms with Crippen molar-refractivity contribution in [3.8, 4) is 0 Å². The monoisotopic (exact) mass is 244 g/mol. The van der Waals surface area contributed by atoms with E-state index in [1.165, 1.54) is 18.4 Å². The lowest BCUT2D eigenvalue weighted by Crippen LogP contribution is -2.21. The summed E-state index contributed by atoms with van der Waals surface area (Å²) in [5.41, 5.74) is 2.95. The second-order valence-electron chi connectivity index (χ2n) is 5.06. The molecule has 1 aliphatic rings. The molecule has 0 heterocycles. The van der Waals surface area contributed by atoms with Gasteiger partial charge in [-0.25, -0.2) is 0 Å². The third-order valence-electron chi connectivity index (χ3n) is 3.48. The molecular formula is C16H20O2. The molecule has 0 unspecified atom stereocenters. The maximum Gasteiger partial charge on any atom is 0.191 e. The van der Waals surface area contributed by atoms with Crippen molar-refractivity contribution in [1.29, 1.82) is 0 Å². The van der Waals surface area contributed by atoms with Crippen molar-refractivity contribution >= 4 is 5.78 Å². The summed E-state index contributed by atoms with van der Waals surface area (Å²) in [6.45, 7) is 1.98. The van der Waals surface area contributed by atoms with Crippen LogP contribution in [0.2, 0.25) is 0 Å². The van der Waals surface area contributed by atoms with Crippen molar-refractivity contribution in [3.05, 3.63) is 47.0 Å². The van der Waals surface area contributed by atoms with Gasteiger partial charge in [0.05, 0.1) is 0 Å². The number of Topliss-reactive ketones (excluding diaryl/α,β-unsaturated/α-hetero) is 1. The molecule has 2 nitrogen and oxygen atoms in total. The molecule has 0 aliphatic heterocycles. The van der Waals surface area contributed by atoms with Gasteiger partial charge in [0.25, 0.3) is 0 Å². The number of hydrogen-bond donors (Lipinski definition) is 1. The smallest absolute Gasteiger partial charge is 0.191 e. The van der Waals surface area contributed by atoms with E-state index in [0.717, 1.165) is 18.4 Å². The van der Waals surface area contributed by atoms with E-state index in [1.54, 1.807) is 12.1 Å². The van der Waals surface area contributed by atoms with Gasteiger partial charge < -0.3 is 5.11 Å². The van der Waals surface area contributed by atoms with Gasteiger partial charge in [0, 0.05) is 12.0 Å². The summed E-state index contributed by atoms with van der Waals surface area (Å²) in [5, 5.41) is 10.0. The fourth-order valence-corrected chi connectivity index (χ4v) is 2.34. The molecule has 2 rings (SSSR count). The molecule has 0 bridgehead atoms. The van der Waals surface area contributed by atoms with Crippen LogP contribution in [0.15, 0.2) is 35.9 Å². The maximum absolute atomic E-state index is 12.1. The van der Waals surface area contributed by atoms with E-state index in [9.17, 15) is 9.90 Å². The van der Waals surface area contributed by atoms with Crippen LogP contribution in [0.4, 0.5) is 0 Å². The predicted molar refractivity (Wildman–Crippen MR) is 72.7 cm³/mol. The predicted octanol–water partition coefficient (Wildman–Crippen LogP) is 3.43. The summed E-state index contributed by atoms with van der Waals surface area (Å²) < 4.78 is 0. The number of allylic oxidation sites excluding steroid dienone is 1. The van der Waals surface area contributed by atoms with Crippen molar-refractivity contribution in [2.75, 3.05) is 0 Å². The van der Waals surface area contributed by atoms with E-state index in [0.29, 0.717) is 12.0 Å². The minimum Gasteiger partial charge on any atom is -0.385 e. The van der Waals surface area contributed by atoms with Crippen LogP contribution >= 0.6 is 0 Å². The van der Waals surface area contributed by atoms with Crippen LogP contribution in [0.3, 0.4) is 0 Å². The van der Waals surface area contributed by atoms with Gasteiger partial charge >= 0.3 is 0 Å². The van der Waals surface area contributed by atoms with E-state index >= 15 is 0 Å². The normalized spacial score (nSPS) is 17.1. The summed E-state index contributed by atoms with van der Waals surface area (Å²) in [4.78, 5) is 12.1. The minimum absolute atomic E-state index is 0.165. The Morgan fingerprint density at radius 3 is 2.61 bits per heavy atom. The minimum atomic E-state index is -0.892. The fraction of sp³-hybridized carbons (Fsp3) is 0.438. The van der Waals surface area contributed by atoms with E-state index < -0.39 is 6.10 Å². The Balaban J connectivity index is 2.00. The Morgan fingerprint density at radius 2 is 2.00 bits per heavy atom. The first kappa shape index (κ1) is 13.0. The van der Waals surface area contributed by atoms with Gasteiger partial charge in [-0.1, -0.05) is 41.5 Å². The summed E-state index contributed by atoms with van der Waals surface area (Å²) in [6, 6.07) is 7.38. The highest BCUT2D eigenvalue weighted by Crippen LogP contribution is 2.22. The highest BCUT2D eigenvalue weighted by molar-refractivity contribution is 5.99. The Labute approximate surface area is 108 Å². The van der Waals surface area contributed by atoms with Crippen molar-refractivity contribution in [1.82, 2.24) is 0 Å². The largest absolute Gasteiger partial charge is 0.385 e.